The highest BCUT2D eigenvalue weighted by Gasteiger charge is 2.33. The first-order chi connectivity index (χ1) is 9.06. The van der Waals surface area contributed by atoms with Crippen LogP contribution in [-0.2, 0) is 6.54 Å². The molecule has 1 amide bonds. The molecule has 19 heavy (non-hydrogen) atoms. The largest absolute Gasteiger partial charge is 0.269 e. The number of rotatable bonds is 3. The lowest BCUT2D eigenvalue weighted by Crippen LogP contribution is -2.43. The summed E-state index contributed by atoms with van der Waals surface area (Å²) in [4.78, 5) is 12.5. The summed E-state index contributed by atoms with van der Waals surface area (Å²) in [6, 6.07) is 3.81. The number of hydrogen-bond donors (Lipinski definition) is 0. The maximum absolute atomic E-state index is 12.5. The van der Waals surface area contributed by atoms with Gasteiger partial charge in [0.1, 0.15) is 7.85 Å². The van der Waals surface area contributed by atoms with E-state index in [4.69, 9.17) is 7.85 Å². The van der Waals surface area contributed by atoms with E-state index < -0.39 is 0 Å². The Morgan fingerprint density at radius 1 is 1.42 bits per heavy atom. The van der Waals surface area contributed by atoms with Gasteiger partial charge in [0, 0.05) is 19.2 Å². The van der Waals surface area contributed by atoms with Gasteiger partial charge in [-0.25, -0.2) is 5.01 Å². The number of fused-ring (bicyclic) bond motifs is 1. The number of hydrazine groups is 1. The Labute approximate surface area is 116 Å². The highest BCUT2D eigenvalue weighted by molar-refractivity contribution is 6.32. The first-order valence-corrected chi connectivity index (χ1v) is 6.98. The van der Waals surface area contributed by atoms with E-state index >= 15 is 0 Å². The molecule has 0 bridgehead atoms. The summed E-state index contributed by atoms with van der Waals surface area (Å²) in [6.07, 6.45) is 3.93. The van der Waals surface area contributed by atoms with Crippen LogP contribution >= 0.6 is 0 Å². The molecular weight excluding hydrogens is 235 g/mol. The molecular formula is C15H19BN2O. The number of benzene rings is 1. The number of amides is 1. The minimum atomic E-state index is 0.120. The Hall–Kier alpha value is -1.29. The average Bonchev–Trinajstić information content (AvgIpc) is 2.61. The highest BCUT2D eigenvalue weighted by Crippen LogP contribution is 2.30. The molecule has 0 aromatic heterocycles. The molecule has 4 heteroatoms. The van der Waals surface area contributed by atoms with Crippen molar-refractivity contribution in [1.29, 1.82) is 0 Å². The van der Waals surface area contributed by atoms with Crippen molar-refractivity contribution in [1.82, 2.24) is 10.0 Å². The van der Waals surface area contributed by atoms with Crippen molar-refractivity contribution in [2.75, 3.05) is 13.6 Å². The first-order valence-electron chi connectivity index (χ1n) is 6.98. The van der Waals surface area contributed by atoms with Crippen LogP contribution in [0.1, 0.15) is 40.7 Å². The van der Waals surface area contributed by atoms with Crippen LogP contribution in [0.3, 0.4) is 0 Å². The molecule has 1 fully saturated rings. The van der Waals surface area contributed by atoms with E-state index in [2.05, 4.69) is 5.01 Å². The van der Waals surface area contributed by atoms with Crippen molar-refractivity contribution in [3.63, 3.8) is 0 Å². The van der Waals surface area contributed by atoms with Crippen LogP contribution in [0, 0.1) is 12.8 Å². The maximum atomic E-state index is 12.5. The van der Waals surface area contributed by atoms with Crippen LogP contribution in [0.5, 0.6) is 0 Å². The number of aryl methyl sites for hydroxylation is 1. The second-order valence-corrected chi connectivity index (χ2v) is 5.87. The van der Waals surface area contributed by atoms with Gasteiger partial charge >= 0.3 is 0 Å². The fraction of sp³-hybridized carbons (Fsp3) is 0.533. The highest BCUT2D eigenvalue weighted by atomic mass is 16.2. The summed E-state index contributed by atoms with van der Waals surface area (Å²) in [5, 5.41) is 3.94. The minimum Gasteiger partial charge on any atom is -0.268 e. The molecule has 1 aromatic rings. The normalized spacial score (nSPS) is 18.9. The Balaban J connectivity index is 1.80. The molecule has 0 unspecified atom stereocenters. The van der Waals surface area contributed by atoms with E-state index in [1.807, 2.05) is 31.1 Å². The summed E-state index contributed by atoms with van der Waals surface area (Å²) in [5.74, 6) is 0.877. The first kappa shape index (κ1) is 12.7. The second-order valence-electron chi connectivity index (χ2n) is 5.87. The molecule has 1 aliphatic heterocycles. The molecule has 3 rings (SSSR count). The lowest BCUT2D eigenvalue weighted by molar-refractivity contribution is -0.00793. The van der Waals surface area contributed by atoms with E-state index in [0.717, 1.165) is 34.6 Å². The molecule has 3 nitrogen and oxygen atoms in total. The fourth-order valence-electron chi connectivity index (χ4n) is 3.11. The third-order valence-electron chi connectivity index (χ3n) is 4.37. The van der Waals surface area contributed by atoms with E-state index in [9.17, 15) is 4.79 Å². The van der Waals surface area contributed by atoms with Crippen molar-refractivity contribution in [2.24, 2.45) is 5.92 Å². The van der Waals surface area contributed by atoms with E-state index in [1.54, 1.807) is 0 Å². The standard InChI is InChI=1S/C15H19BN2O/c1-10-6-13(16)7-12-9-18(15(19)14(10)12)17(2)8-11-4-3-5-11/h6-7,11H,3-5,8-9H2,1-2H3. The molecule has 98 valence electrons. The Kier molecular flexibility index (Phi) is 3.13. The van der Waals surface area contributed by atoms with Gasteiger partial charge in [0.25, 0.3) is 5.91 Å². The summed E-state index contributed by atoms with van der Waals surface area (Å²) < 4.78 is 0. The molecule has 0 spiro atoms. The summed E-state index contributed by atoms with van der Waals surface area (Å²) in [6.45, 7) is 3.60. The number of nitrogens with zero attached hydrogens (tertiary/aromatic N) is 2. The van der Waals surface area contributed by atoms with Crippen LogP contribution in [0.2, 0.25) is 0 Å². The van der Waals surface area contributed by atoms with Gasteiger partial charge in [-0.15, -0.1) is 0 Å². The van der Waals surface area contributed by atoms with Crippen molar-refractivity contribution in [2.45, 2.75) is 32.7 Å². The number of carbonyl (C=O) groups excluding carboxylic acids is 1. The minimum absolute atomic E-state index is 0.120. The van der Waals surface area contributed by atoms with Gasteiger partial charge in [0.15, 0.2) is 0 Å². The average molecular weight is 254 g/mol. The van der Waals surface area contributed by atoms with Gasteiger partial charge < -0.3 is 0 Å². The Morgan fingerprint density at radius 3 is 2.79 bits per heavy atom. The van der Waals surface area contributed by atoms with E-state index in [-0.39, 0.29) is 5.91 Å². The summed E-state index contributed by atoms with van der Waals surface area (Å²) >= 11 is 0. The fourth-order valence-corrected chi connectivity index (χ4v) is 3.11. The molecule has 2 aliphatic rings. The van der Waals surface area contributed by atoms with Crippen LogP contribution in [-0.4, -0.2) is 37.4 Å². The second kappa shape index (κ2) is 4.67. The van der Waals surface area contributed by atoms with Crippen LogP contribution in [0.4, 0.5) is 0 Å². The Morgan fingerprint density at radius 2 is 2.16 bits per heavy atom. The molecule has 1 heterocycles. The molecule has 2 radical (unpaired) electrons. The molecule has 1 aromatic carbocycles. The predicted octanol–water partition coefficient (Wildman–Crippen LogP) is 1.39. The van der Waals surface area contributed by atoms with Gasteiger partial charge in [0.05, 0.1) is 6.54 Å². The van der Waals surface area contributed by atoms with Gasteiger partial charge in [-0.3, -0.25) is 9.80 Å². The number of carbonyl (C=O) groups is 1. The number of hydrogen-bond acceptors (Lipinski definition) is 2. The summed E-state index contributed by atoms with van der Waals surface area (Å²) in [7, 11) is 7.88. The van der Waals surface area contributed by atoms with Crippen LogP contribution in [0.25, 0.3) is 0 Å². The molecule has 0 atom stereocenters. The molecule has 0 saturated heterocycles. The van der Waals surface area contributed by atoms with Crippen LogP contribution < -0.4 is 5.46 Å². The smallest absolute Gasteiger partial charge is 0.268 e. The third-order valence-corrected chi connectivity index (χ3v) is 4.37. The van der Waals surface area contributed by atoms with Crippen molar-refractivity contribution < 1.29 is 4.79 Å². The zero-order valence-electron chi connectivity index (χ0n) is 11.6. The van der Waals surface area contributed by atoms with Crippen molar-refractivity contribution in [3.05, 3.63) is 28.8 Å². The monoisotopic (exact) mass is 254 g/mol. The predicted molar refractivity (Wildman–Crippen MR) is 76.4 cm³/mol. The summed E-state index contributed by atoms with van der Waals surface area (Å²) in [5.41, 5.74) is 3.63. The Bertz CT molecular complexity index is 525. The third kappa shape index (κ3) is 2.18. The van der Waals surface area contributed by atoms with Gasteiger partial charge in [0.2, 0.25) is 0 Å². The van der Waals surface area contributed by atoms with Gasteiger partial charge in [-0.2, -0.15) is 0 Å². The van der Waals surface area contributed by atoms with Crippen molar-refractivity contribution in [3.8, 4) is 0 Å². The molecule has 1 saturated carbocycles. The van der Waals surface area contributed by atoms with E-state index in [0.29, 0.717) is 6.54 Å². The maximum Gasteiger partial charge on any atom is 0.269 e. The van der Waals surface area contributed by atoms with Crippen LogP contribution in [0.15, 0.2) is 12.1 Å². The molecule has 1 aliphatic carbocycles. The molecule has 0 N–H and O–H groups in total. The van der Waals surface area contributed by atoms with E-state index in [1.165, 1.54) is 19.3 Å². The zero-order chi connectivity index (χ0) is 13.6. The quantitative estimate of drug-likeness (QED) is 0.761. The topological polar surface area (TPSA) is 23.6 Å². The SMILES string of the molecule is [B]c1cc(C)c2c(c1)CN(N(C)CC1CCC1)C2=O. The van der Waals surface area contributed by atoms with Crippen molar-refractivity contribution >= 4 is 19.2 Å². The van der Waals surface area contributed by atoms with Gasteiger partial charge in [-0.05, 0) is 36.8 Å². The lowest BCUT2D eigenvalue weighted by Gasteiger charge is -2.34. The zero-order valence-corrected chi connectivity index (χ0v) is 11.6. The lowest BCUT2D eigenvalue weighted by atomic mass is 9.85. The van der Waals surface area contributed by atoms with Gasteiger partial charge in [-0.1, -0.05) is 24.0 Å².